The van der Waals surface area contributed by atoms with Crippen LogP contribution < -0.4 is 10.6 Å². The average molecular weight is 519 g/mol. The maximum atomic E-state index is 13.8. The van der Waals surface area contributed by atoms with Gasteiger partial charge in [0.1, 0.15) is 11.0 Å². The van der Waals surface area contributed by atoms with Gasteiger partial charge in [0.25, 0.3) is 0 Å². The SMILES string of the molecule is Cc1nn(-c2ccc(Cl)cc2)c(Cl)c1C1C(C#N)=C(N)N(c2cccnc2)C2=C1C(=O)CC(C)(C)C2. The molecule has 2 N–H and O–H groups in total. The number of nitrogens with two attached hydrogens (primary N) is 1. The second-order valence-electron chi connectivity index (χ2n) is 9.87. The Bertz CT molecular complexity index is 1480. The van der Waals surface area contributed by atoms with E-state index >= 15 is 0 Å². The van der Waals surface area contributed by atoms with E-state index in [1.54, 1.807) is 40.2 Å². The number of anilines is 1. The zero-order valence-corrected chi connectivity index (χ0v) is 21.6. The predicted octanol–water partition coefficient (Wildman–Crippen LogP) is 5.82. The van der Waals surface area contributed by atoms with Crippen LogP contribution in [-0.4, -0.2) is 20.5 Å². The molecule has 5 rings (SSSR count). The van der Waals surface area contributed by atoms with Crippen LogP contribution in [0.2, 0.25) is 10.2 Å². The fourth-order valence-corrected chi connectivity index (χ4v) is 5.68. The van der Waals surface area contributed by atoms with Crippen molar-refractivity contribution in [3.05, 3.63) is 92.9 Å². The zero-order valence-electron chi connectivity index (χ0n) is 20.1. The maximum Gasteiger partial charge on any atom is 0.162 e. The van der Waals surface area contributed by atoms with Crippen LogP contribution >= 0.6 is 23.2 Å². The molecule has 182 valence electrons. The number of hydrogen-bond acceptors (Lipinski definition) is 6. The summed E-state index contributed by atoms with van der Waals surface area (Å²) < 4.78 is 1.60. The number of nitrogens with zero attached hydrogens (tertiary/aromatic N) is 5. The lowest BCUT2D eigenvalue weighted by Crippen LogP contribution is -2.42. The van der Waals surface area contributed by atoms with Crippen LogP contribution in [0.15, 0.2) is 71.5 Å². The number of nitriles is 1. The summed E-state index contributed by atoms with van der Waals surface area (Å²) in [5.74, 6) is -0.500. The number of Topliss-reactive ketones (excluding diaryl/α,β-unsaturated/α-hetero) is 1. The lowest BCUT2D eigenvalue weighted by atomic mass is 9.68. The van der Waals surface area contributed by atoms with Gasteiger partial charge in [-0.3, -0.25) is 14.7 Å². The lowest BCUT2D eigenvalue weighted by Gasteiger charge is -2.43. The van der Waals surface area contributed by atoms with Crippen molar-refractivity contribution in [1.29, 1.82) is 5.26 Å². The molecule has 2 aliphatic rings. The van der Waals surface area contributed by atoms with Gasteiger partial charge in [-0.15, -0.1) is 0 Å². The van der Waals surface area contributed by atoms with Crippen LogP contribution in [0.4, 0.5) is 5.69 Å². The molecule has 0 bridgehead atoms. The van der Waals surface area contributed by atoms with Gasteiger partial charge in [0.15, 0.2) is 5.78 Å². The monoisotopic (exact) mass is 518 g/mol. The molecule has 9 heteroatoms. The number of halogens is 2. The van der Waals surface area contributed by atoms with Crippen LogP contribution in [0.25, 0.3) is 5.69 Å². The summed E-state index contributed by atoms with van der Waals surface area (Å²) in [4.78, 5) is 19.8. The van der Waals surface area contributed by atoms with Crippen molar-refractivity contribution >= 4 is 34.7 Å². The van der Waals surface area contributed by atoms with Gasteiger partial charge in [-0.2, -0.15) is 10.4 Å². The summed E-state index contributed by atoms with van der Waals surface area (Å²) in [7, 11) is 0. The van der Waals surface area contributed by atoms with Crippen LogP contribution in [-0.2, 0) is 4.79 Å². The first-order chi connectivity index (χ1) is 17.1. The van der Waals surface area contributed by atoms with Crippen LogP contribution in [0.3, 0.4) is 0 Å². The number of carbonyl (C=O) groups is 1. The summed E-state index contributed by atoms with van der Waals surface area (Å²) in [5, 5.41) is 15.9. The molecule has 2 aromatic heterocycles. The standard InChI is InChI=1S/C27H24Cl2N6O/c1-15-22(25(29)35(33-15)17-8-6-16(28)7-9-17)23-19(13-30)26(31)34(18-5-4-10-32-14-18)20-11-27(2,3)12-21(36)24(20)23/h4-10,14,23H,11-12,31H2,1-3H3. The average Bonchev–Trinajstić information content (AvgIpc) is 3.12. The predicted molar refractivity (Wildman–Crippen MR) is 140 cm³/mol. The minimum absolute atomic E-state index is 0.0323. The quantitative estimate of drug-likeness (QED) is 0.468. The van der Waals surface area contributed by atoms with Gasteiger partial charge in [-0.25, -0.2) is 4.68 Å². The lowest BCUT2D eigenvalue weighted by molar-refractivity contribution is -0.118. The summed E-state index contributed by atoms with van der Waals surface area (Å²) in [6, 6.07) is 13.1. The van der Waals surface area contributed by atoms with E-state index in [0.29, 0.717) is 51.2 Å². The Morgan fingerprint density at radius 1 is 1.14 bits per heavy atom. The van der Waals surface area contributed by atoms with Crippen molar-refractivity contribution in [3.8, 4) is 11.8 Å². The first-order valence-corrected chi connectivity index (χ1v) is 12.3. The number of aryl methyl sites for hydroxylation is 1. The molecule has 1 aliphatic carbocycles. The number of ketones is 1. The second kappa shape index (κ2) is 8.81. The molecule has 1 aliphatic heterocycles. The number of allylic oxidation sites excluding steroid dienone is 3. The molecular weight excluding hydrogens is 495 g/mol. The molecular formula is C27H24Cl2N6O. The smallest absolute Gasteiger partial charge is 0.162 e. The summed E-state index contributed by atoms with van der Waals surface area (Å²) in [5.41, 5.74) is 10.6. The van der Waals surface area contributed by atoms with Crippen LogP contribution in [0.5, 0.6) is 0 Å². The normalized spacial score (nSPS) is 19.4. The highest BCUT2D eigenvalue weighted by molar-refractivity contribution is 6.31. The zero-order chi connectivity index (χ0) is 25.8. The number of hydrogen-bond donors (Lipinski definition) is 1. The van der Waals surface area contributed by atoms with Crippen molar-refractivity contribution in [2.24, 2.45) is 11.1 Å². The Labute approximate surface area is 219 Å². The highest BCUT2D eigenvalue weighted by atomic mass is 35.5. The van der Waals surface area contributed by atoms with E-state index in [4.69, 9.17) is 28.9 Å². The fourth-order valence-electron chi connectivity index (χ4n) is 5.17. The van der Waals surface area contributed by atoms with E-state index in [1.165, 1.54) is 0 Å². The third kappa shape index (κ3) is 3.87. The maximum absolute atomic E-state index is 13.8. The number of carbonyl (C=O) groups excluding carboxylic acids is 1. The Kier molecular flexibility index (Phi) is 5.90. The van der Waals surface area contributed by atoms with E-state index in [0.717, 1.165) is 5.70 Å². The Morgan fingerprint density at radius 3 is 2.50 bits per heavy atom. The molecule has 0 fully saturated rings. The van der Waals surface area contributed by atoms with Crippen molar-refractivity contribution in [2.45, 2.75) is 39.5 Å². The molecule has 0 amide bonds. The van der Waals surface area contributed by atoms with Gasteiger partial charge in [0.05, 0.1) is 40.8 Å². The molecule has 0 saturated heterocycles. The largest absolute Gasteiger partial charge is 0.384 e. The molecule has 1 aromatic carbocycles. The van der Waals surface area contributed by atoms with Crippen molar-refractivity contribution in [3.63, 3.8) is 0 Å². The van der Waals surface area contributed by atoms with Gasteiger partial charge in [-0.05, 0) is 55.2 Å². The number of aromatic nitrogens is 3. The molecule has 0 radical (unpaired) electrons. The third-order valence-electron chi connectivity index (χ3n) is 6.69. The number of benzene rings is 1. The van der Waals surface area contributed by atoms with Crippen molar-refractivity contribution < 1.29 is 4.79 Å². The molecule has 3 heterocycles. The molecule has 3 aromatic rings. The van der Waals surface area contributed by atoms with E-state index in [9.17, 15) is 10.1 Å². The Hall–Kier alpha value is -3.60. The van der Waals surface area contributed by atoms with Gasteiger partial charge >= 0.3 is 0 Å². The minimum atomic E-state index is -0.727. The topological polar surface area (TPSA) is 101 Å². The number of pyridine rings is 1. The molecule has 0 saturated carbocycles. The van der Waals surface area contributed by atoms with Crippen molar-refractivity contribution in [1.82, 2.24) is 14.8 Å². The second-order valence-corrected chi connectivity index (χ2v) is 10.7. The first-order valence-electron chi connectivity index (χ1n) is 11.5. The van der Waals surface area contributed by atoms with Crippen molar-refractivity contribution in [2.75, 3.05) is 4.90 Å². The fraction of sp³-hybridized carbons (Fsp3) is 0.259. The highest BCUT2D eigenvalue weighted by Gasteiger charge is 2.46. The van der Waals surface area contributed by atoms with Crippen LogP contribution in [0.1, 0.15) is 43.9 Å². The highest BCUT2D eigenvalue weighted by Crippen LogP contribution is 2.51. The van der Waals surface area contributed by atoms with Gasteiger partial charge < -0.3 is 5.73 Å². The van der Waals surface area contributed by atoms with Crippen LogP contribution in [0, 0.1) is 23.7 Å². The Morgan fingerprint density at radius 2 is 1.86 bits per heavy atom. The molecule has 1 unspecified atom stereocenters. The van der Waals surface area contributed by atoms with Gasteiger partial charge in [-0.1, -0.05) is 37.0 Å². The third-order valence-corrected chi connectivity index (χ3v) is 7.31. The van der Waals surface area contributed by atoms with E-state index in [1.807, 2.05) is 25.1 Å². The molecule has 1 atom stereocenters. The van der Waals surface area contributed by atoms with Gasteiger partial charge in [0.2, 0.25) is 0 Å². The summed E-state index contributed by atoms with van der Waals surface area (Å²) in [6.45, 7) is 5.94. The van der Waals surface area contributed by atoms with E-state index < -0.39 is 5.92 Å². The Balaban J connectivity index is 1.77. The summed E-state index contributed by atoms with van der Waals surface area (Å²) in [6.07, 6.45) is 4.29. The molecule has 0 spiro atoms. The van der Waals surface area contributed by atoms with Gasteiger partial charge in [0, 0.05) is 34.5 Å². The molecule has 7 nitrogen and oxygen atoms in total. The summed E-state index contributed by atoms with van der Waals surface area (Å²) >= 11 is 13.0. The first kappa shape index (κ1) is 24.1. The number of rotatable bonds is 3. The minimum Gasteiger partial charge on any atom is -0.384 e. The molecule has 36 heavy (non-hydrogen) atoms. The van der Waals surface area contributed by atoms with E-state index in [-0.39, 0.29) is 22.6 Å². The van der Waals surface area contributed by atoms with E-state index in [2.05, 4.69) is 30.0 Å².